The number of hydrogen-bond acceptors (Lipinski definition) is 2. The van der Waals surface area contributed by atoms with Crippen molar-refractivity contribution < 1.29 is 4.79 Å². The number of piperidine rings is 1. The molecule has 6 heteroatoms. The van der Waals surface area contributed by atoms with Crippen molar-refractivity contribution in [3.63, 3.8) is 0 Å². The lowest BCUT2D eigenvalue weighted by Crippen LogP contribution is -2.51. The Morgan fingerprint density at radius 3 is 2.73 bits per heavy atom. The van der Waals surface area contributed by atoms with Crippen molar-refractivity contribution in [2.45, 2.75) is 58.4 Å². The van der Waals surface area contributed by atoms with Gasteiger partial charge in [-0.2, -0.15) is 0 Å². The van der Waals surface area contributed by atoms with Crippen molar-refractivity contribution in [1.29, 1.82) is 0 Å². The molecule has 1 saturated carbocycles. The third kappa shape index (κ3) is 5.93. The first-order chi connectivity index (χ1) is 10.1. The van der Waals surface area contributed by atoms with Gasteiger partial charge in [0.05, 0.1) is 6.54 Å². The number of guanidine groups is 1. The van der Waals surface area contributed by atoms with E-state index in [2.05, 4.69) is 34.4 Å². The van der Waals surface area contributed by atoms with Gasteiger partial charge >= 0.3 is 0 Å². The smallest absolute Gasteiger partial charge is 0.239 e. The van der Waals surface area contributed by atoms with Gasteiger partial charge in [0.25, 0.3) is 0 Å². The average molecular weight is 422 g/mol. The minimum absolute atomic E-state index is 0. The lowest BCUT2D eigenvalue weighted by molar-refractivity contribution is -0.120. The summed E-state index contributed by atoms with van der Waals surface area (Å²) in [6.07, 6.45) is 7.22. The van der Waals surface area contributed by atoms with E-state index < -0.39 is 0 Å². The minimum Gasteiger partial charge on any atom is -0.352 e. The van der Waals surface area contributed by atoms with Gasteiger partial charge in [0.1, 0.15) is 0 Å². The standard InChI is InChI=1S/C16H30N4O.HI/c1-4-8-16(2)9-5-10-20(12-16)15(17-3)18-11-14(21)19-13-6-7-13;/h13H,4-12H2,1-3H3,(H,17,18)(H,19,21);1H. The largest absolute Gasteiger partial charge is 0.352 e. The molecular formula is C16H31IN4O. The van der Waals surface area contributed by atoms with Gasteiger partial charge in [-0.1, -0.05) is 20.3 Å². The van der Waals surface area contributed by atoms with Gasteiger partial charge in [0.2, 0.25) is 5.91 Å². The Labute approximate surface area is 151 Å². The van der Waals surface area contributed by atoms with Gasteiger partial charge in [-0.3, -0.25) is 9.79 Å². The molecule has 0 aromatic carbocycles. The van der Waals surface area contributed by atoms with Crippen molar-refractivity contribution in [2.75, 3.05) is 26.7 Å². The number of nitrogens with zero attached hydrogens (tertiary/aromatic N) is 2. The van der Waals surface area contributed by atoms with E-state index in [0.29, 0.717) is 18.0 Å². The van der Waals surface area contributed by atoms with Gasteiger partial charge in [0, 0.05) is 26.2 Å². The molecule has 5 nitrogen and oxygen atoms in total. The molecule has 2 fully saturated rings. The Kier molecular flexibility index (Phi) is 7.93. The summed E-state index contributed by atoms with van der Waals surface area (Å²) < 4.78 is 0. The second kappa shape index (κ2) is 8.93. The Morgan fingerprint density at radius 1 is 1.41 bits per heavy atom. The number of carbonyl (C=O) groups is 1. The van der Waals surface area contributed by atoms with E-state index in [1.807, 2.05) is 0 Å². The maximum absolute atomic E-state index is 11.8. The third-order valence-corrected chi connectivity index (χ3v) is 4.50. The number of nitrogens with one attached hydrogen (secondary N) is 2. The summed E-state index contributed by atoms with van der Waals surface area (Å²) in [7, 11) is 1.80. The Morgan fingerprint density at radius 2 is 2.14 bits per heavy atom. The van der Waals surface area contributed by atoms with Gasteiger partial charge in [-0.05, 0) is 37.5 Å². The fourth-order valence-corrected chi connectivity index (χ4v) is 3.30. The lowest BCUT2D eigenvalue weighted by Gasteiger charge is -2.42. The summed E-state index contributed by atoms with van der Waals surface area (Å²) in [4.78, 5) is 18.4. The maximum atomic E-state index is 11.8. The van der Waals surface area contributed by atoms with E-state index in [9.17, 15) is 4.79 Å². The summed E-state index contributed by atoms with van der Waals surface area (Å²) in [6.45, 7) is 7.01. The molecule has 1 saturated heterocycles. The second-order valence-electron chi connectivity index (χ2n) is 6.83. The highest BCUT2D eigenvalue weighted by atomic mass is 127. The molecule has 22 heavy (non-hydrogen) atoms. The number of likely N-dealkylation sites (tertiary alicyclic amines) is 1. The van der Waals surface area contributed by atoms with Crippen LogP contribution >= 0.6 is 24.0 Å². The van der Waals surface area contributed by atoms with Crippen LogP contribution in [0.2, 0.25) is 0 Å². The number of carbonyl (C=O) groups excluding carboxylic acids is 1. The minimum atomic E-state index is 0. The normalized spacial score (nSPS) is 25.4. The molecule has 0 aromatic heterocycles. The highest BCUT2D eigenvalue weighted by Gasteiger charge is 2.31. The molecule has 1 unspecified atom stereocenters. The van der Waals surface area contributed by atoms with Crippen molar-refractivity contribution in [2.24, 2.45) is 10.4 Å². The summed E-state index contributed by atoms with van der Waals surface area (Å²) in [6, 6.07) is 0.421. The highest BCUT2D eigenvalue weighted by Crippen LogP contribution is 2.33. The van der Waals surface area contributed by atoms with Crippen LogP contribution in [-0.4, -0.2) is 49.5 Å². The van der Waals surface area contributed by atoms with Crippen LogP contribution in [-0.2, 0) is 4.79 Å². The summed E-state index contributed by atoms with van der Waals surface area (Å²) >= 11 is 0. The zero-order valence-electron chi connectivity index (χ0n) is 14.2. The first-order valence-corrected chi connectivity index (χ1v) is 8.31. The second-order valence-corrected chi connectivity index (χ2v) is 6.83. The van der Waals surface area contributed by atoms with E-state index in [1.165, 1.54) is 25.7 Å². The van der Waals surface area contributed by atoms with Crippen LogP contribution in [0, 0.1) is 5.41 Å². The molecule has 1 amide bonds. The first-order valence-electron chi connectivity index (χ1n) is 8.31. The quantitative estimate of drug-likeness (QED) is 0.407. The van der Waals surface area contributed by atoms with Gasteiger partial charge < -0.3 is 15.5 Å². The number of aliphatic imine (C=N–C) groups is 1. The third-order valence-electron chi connectivity index (χ3n) is 4.50. The topological polar surface area (TPSA) is 56.7 Å². The zero-order chi connectivity index (χ0) is 15.3. The van der Waals surface area contributed by atoms with Crippen molar-refractivity contribution in [1.82, 2.24) is 15.5 Å². The summed E-state index contributed by atoms with van der Waals surface area (Å²) in [5, 5.41) is 6.21. The van der Waals surface area contributed by atoms with Crippen LogP contribution in [0.5, 0.6) is 0 Å². The molecule has 1 atom stereocenters. The molecular weight excluding hydrogens is 391 g/mol. The van der Waals surface area contributed by atoms with E-state index in [4.69, 9.17) is 0 Å². The molecule has 0 spiro atoms. The molecule has 2 N–H and O–H groups in total. The summed E-state index contributed by atoms with van der Waals surface area (Å²) in [5.41, 5.74) is 0.376. The molecule has 1 aliphatic heterocycles. The van der Waals surface area contributed by atoms with Crippen LogP contribution < -0.4 is 10.6 Å². The van der Waals surface area contributed by atoms with E-state index in [0.717, 1.165) is 31.9 Å². The number of halogens is 1. The van der Waals surface area contributed by atoms with Gasteiger partial charge in [0.15, 0.2) is 5.96 Å². The van der Waals surface area contributed by atoms with Crippen LogP contribution in [0.4, 0.5) is 0 Å². The van der Waals surface area contributed by atoms with E-state index in [1.54, 1.807) is 7.05 Å². The molecule has 128 valence electrons. The Bertz CT molecular complexity index is 394. The fourth-order valence-electron chi connectivity index (χ4n) is 3.30. The lowest BCUT2D eigenvalue weighted by atomic mass is 9.78. The number of amides is 1. The zero-order valence-corrected chi connectivity index (χ0v) is 16.5. The number of rotatable bonds is 5. The van der Waals surface area contributed by atoms with Gasteiger partial charge in [-0.15, -0.1) is 24.0 Å². The summed E-state index contributed by atoms with van der Waals surface area (Å²) in [5.74, 6) is 0.940. The van der Waals surface area contributed by atoms with Crippen molar-refractivity contribution in [3.05, 3.63) is 0 Å². The van der Waals surface area contributed by atoms with Crippen LogP contribution in [0.25, 0.3) is 0 Å². The van der Waals surface area contributed by atoms with Crippen molar-refractivity contribution >= 4 is 35.8 Å². The van der Waals surface area contributed by atoms with E-state index >= 15 is 0 Å². The Balaban J connectivity index is 0.00000242. The number of hydrogen-bond donors (Lipinski definition) is 2. The SMILES string of the molecule is CCCC1(C)CCCN(C(=NC)NCC(=O)NC2CC2)C1.I. The molecule has 1 heterocycles. The molecule has 1 aliphatic carbocycles. The van der Waals surface area contributed by atoms with Crippen LogP contribution in [0.1, 0.15) is 52.4 Å². The van der Waals surface area contributed by atoms with Crippen LogP contribution in [0.15, 0.2) is 4.99 Å². The van der Waals surface area contributed by atoms with Crippen molar-refractivity contribution in [3.8, 4) is 0 Å². The maximum Gasteiger partial charge on any atom is 0.239 e. The van der Waals surface area contributed by atoms with Gasteiger partial charge in [-0.25, -0.2) is 0 Å². The predicted octanol–water partition coefficient (Wildman–Crippen LogP) is 2.36. The van der Waals surface area contributed by atoms with E-state index in [-0.39, 0.29) is 29.9 Å². The predicted molar refractivity (Wildman–Crippen MR) is 102 cm³/mol. The fraction of sp³-hybridized carbons (Fsp3) is 0.875. The average Bonchev–Trinajstić information content (AvgIpc) is 3.23. The van der Waals surface area contributed by atoms with Crippen LogP contribution in [0.3, 0.4) is 0 Å². The Hall–Kier alpha value is -0.530. The molecule has 0 aromatic rings. The highest BCUT2D eigenvalue weighted by molar-refractivity contribution is 14.0. The molecule has 2 rings (SSSR count). The molecule has 2 aliphatic rings. The first kappa shape index (κ1) is 19.5. The monoisotopic (exact) mass is 422 g/mol. The molecule has 0 radical (unpaired) electrons. The molecule has 0 bridgehead atoms.